The molecule has 1 heterocycles. The largest absolute Gasteiger partial charge is 0.457 e. The van der Waals surface area contributed by atoms with Crippen LogP contribution >= 0.6 is 12.6 Å². The second-order valence-corrected chi connectivity index (χ2v) is 8.21. The number of carbonyl (C=O) groups is 4. The minimum absolute atomic E-state index is 0.177. The fourth-order valence-electron chi connectivity index (χ4n) is 2.80. The van der Waals surface area contributed by atoms with Crippen LogP contribution in [0, 0.1) is 5.92 Å². The summed E-state index contributed by atoms with van der Waals surface area (Å²) in [5, 5.41) is 18.0. The van der Waals surface area contributed by atoms with Gasteiger partial charge in [-0.2, -0.15) is 12.6 Å². The van der Waals surface area contributed by atoms with Crippen molar-refractivity contribution in [3.05, 3.63) is 12.2 Å². The lowest BCUT2D eigenvalue weighted by Crippen LogP contribution is -2.56. The monoisotopic (exact) mass is 443 g/mol. The normalized spacial score (nSPS) is 30.2. The summed E-state index contributed by atoms with van der Waals surface area (Å²) in [4.78, 5) is 49.7. The first kappa shape index (κ1) is 26.0. The van der Waals surface area contributed by atoms with Crippen molar-refractivity contribution < 1.29 is 29.0 Å². The molecule has 30 heavy (non-hydrogen) atoms. The molecule has 5 atom stereocenters. The van der Waals surface area contributed by atoms with Gasteiger partial charge < -0.3 is 25.8 Å². The van der Waals surface area contributed by atoms with Gasteiger partial charge >= 0.3 is 5.97 Å². The second kappa shape index (κ2) is 12.6. The van der Waals surface area contributed by atoms with Gasteiger partial charge in [0.2, 0.25) is 17.7 Å². The number of hydrogen-bond donors (Lipinski definition) is 5. The molecule has 1 fully saturated rings. The summed E-state index contributed by atoms with van der Waals surface area (Å²) in [5.74, 6) is -1.83. The maximum absolute atomic E-state index is 12.6. The Kier molecular flexibility index (Phi) is 10.9. The Morgan fingerprint density at radius 1 is 1.10 bits per heavy atom. The molecule has 0 aromatic rings. The Balaban J connectivity index is 3.13. The molecule has 170 valence electrons. The Labute approximate surface area is 182 Å². The van der Waals surface area contributed by atoms with E-state index in [2.05, 4.69) is 28.6 Å². The number of cyclic esters (lactones) is 1. The molecular formula is C20H33N3O6S. The van der Waals surface area contributed by atoms with Gasteiger partial charge in [-0.15, -0.1) is 0 Å². The third-order valence-electron chi connectivity index (χ3n) is 4.66. The van der Waals surface area contributed by atoms with Crippen molar-refractivity contribution >= 4 is 36.3 Å². The van der Waals surface area contributed by atoms with E-state index in [-0.39, 0.29) is 18.8 Å². The molecule has 0 spiro atoms. The number of amides is 3. The quantitative estimate of drug-likeness (QED) is 0.237. The van der Waals surface area contributed by atoms with Gasteiger partial charge in [0.1, 0.15) is 18.2 Å². The van der Waals surface area contributed by atoms with Gasteiger partial charge in [0.15, 0.2) is 0 Å². The van der Waals surface area contributed by atoms with E-state index in [4.69, 9.17) is 4.74 Å². The molecule has 0 bridgehead atoms. The first-order valence-corrected chi connectivity index (χ1v) is 10.7. The average molecular weight is 444 g/mol. The standard InChI is InChI=1S/C20H33N3O6S/c1-11(2)18-20(28)22-13(4)19(27)21-12(3)15(24)10-17(26)29-14(7-5-6-8-30)9-16(25)23-18/h5,7,11-15,18,24,30H,6,8-10H2,1-4H3,(H,21,27)(H,22,28)(H,23,25)/b7-5+/t12-,13-,14-,15+,18-/m1/s1. The molecule has 0 unspecified atom stereocenters. The molecule has 0 aliphatic carbocycles. The minimum Gasteiger partial charge on any atom is -0.457 e. The van der Waals surface area contributed by atoms with Crippen LogP contribution in [0.4, 0.5) is 0 Å². The molecule has 0 aromatic carbocycles. The fourth-order valence-corrected chi connectivity index (χ4v) is 2.95. The zero-order valence-electron chi connectivity index (χ0n) is 17.9. The number of rotatable bonds is 4. The van der Waals surface area contributed by atoms with Crippen LogP contribution < -0.4 is 16.0 Å². The van der Waals surface area contributed by atoms with E-state index >= 15 is 0 Å². The smallest absolute Gasteiger partial charge is 0.309 e. The molecular weight excluding hydrogens is 410 g/mol. The van der Waals surface area contributed by atoms with Crippen LogP contribution in [0.15, 0.2) is 12.2 Å². The summed E-state index contributed by atoms with van der Waals surface area (Å²) >= 11 is 4.11. The molecule has 1 rings (SSSR count). The molecule has 1 aliphatic heterocycles. The van der Waals surface area contributed by atoms with Gasteiger partial charge in [0.05, 0.1) is 25.0 Å². The topological polar surface area (TPSA) is 134 Å². The van der Waals surface area contributed by atoms with E-state index in [1.54, 1.807) is 32.9 Å². The lowest BCUT2D eigenvalue weighted by molar-refractivity contribution is -0.151. The predicted molar refractivity (Wildman–Crippen MR) is 115 cm³/mol. The molecule has 3 amide bonds. The zero-order chi connectivity index (χ0) is 22.8. The summed E-state index contributed by atoms with van der Waals surface area (Å²) in [6, 6.07) is -2.49. The van der Waals surface area contributed by atoms with Crippen molar-refractivity contribution in [3.63, 3.8) is 0 Å². The number of aliphatic hydroxyl groups is 1. The predicted octanol–water partition coefficient (Wildman–Crippen LogP) is 0.0792. The SMILES string of the molecule is CC(C)[C@H]1NC(=O)C[C@@H](/C=C/CCS)OC(=O)C[C@H](O)[C@@H](C)NC(=O)[C@@H](C)NC1=O. The van der Waals surface area contributed by atoms with Gasteiger partial charge in [-0.1, -0.05) is 19.9 Å². The number of thiol groups is 1. The maximum Gasteiger partial charge on any atom is 0.309 e. The van der Waals surface area contributed by atoms with Crippen LogP contribution in [0.5, 0.6) is 0 Å². The van der Waals surface area contributed by atoms with Crippen LogP contribution in [0.1, 0.15) is 47.0 Å². The van der Waals surface area contributed by atoms with E-state index in [1.807, 2.05) is 0 Å². The number of allylic oxidation sites excluding steroid dienone is 1. The Bertz CT molecular complexity index is 654. The van der Waals surface area contributed by atoms with Gasteiger partial charge in [0, 0.05) is 0 Å². The molecule has 0 aromatic heterocycles. The summed E-state index contributed by atoms with van der Waals surface area (Å²) < 4.78 is 5.35. The van der Waals surface area contributed by atoms with Crippen molar-refractivity contribution in [1.29, 1.82) is 0 Å². The molecule has 9 nitrogen and oxygen atoms in total. The van der Waals surface area contributed by atoms with Crippen LogP contribution in [0.3, 0.4) is 0 Å². The van der Waals surface area contributed by atoms with E-state index < -0.39 is 54.0 Å². The van der Waals surface area contributed by atoms with E-state index in [1.165, 1.54) is 6.92 Å². The van der Waals surface area contributed by atoms with Crippen molar-refractivity contribution in [2.45, 2.75) is 77.3 Å². The highest BCUT2D eigenvalue weighted by Crippen LogP contribution is 2.10. The number of carbonyl (C=O) groups excluding carboxylic acids is 4. The third kappa shape index (κ3) is 8.74. The van der Waals surface area contributed by atoms with Crippen molar-refractivity contribution in [3.8, 4) is 0 Å². The van der Waals surface area contributed by atoms with Gasteiger partial charge in [-0.3, -0.25) is 19.2 Å². The lowest BCUT2D eigenvalue weighted by atomic mass is 10.0. The van der Waals surface area contributed by atoms with Crippen LogP contribution in [0.25, 0.3) is 0 Å². The van der Waals surface area contributed by atoms with E-state index in [9.17, 15) is 24.3 Å². The van der Waals surface area contributed by atoms with Crippen LogP contribution in [0.2, 0.25) is 0 Å². The zero-order valence-corrected chi connectivity index (χ0v) is 18.8. The number of ether oxygens (including phenoxy) is 1. The van der Waals surface area contributed by atoms with Gasteiger partial charge in [-0.05, 0) is 38.0 Å². The maximum atomic E-state index is 12.6. The van der Waals surface area contributed by atoms with E-state index in [0.29, 0.717) is 12.2 Å². The number of esters is 1. The van der Waals surface area contributed by atoms with E-state index in [0.717, 1.165) is 0 Å². The summed E-state index contributed by atoms with van der Waals surface area (Å²) in [6.45, 7) is 6.59. The first-order chi connectivity index (χ1) is 14.0. The molecule has 0 radical (unpaired) electrons. The highest BCUT2D eigenvalue weighted by molar-refractivity contribution is 7.80. The highest BCUT2D eigenvalue weighted by atomic mass is 32.1. The molecule has 10 heteroatoms. The number of aliphatic hydroxyl groups excluding tert-OH is 1. The summed E-state index contributed by atoms with van der Waals surface area (Å²) in [6.07, 6.45) is 1.40. The molecule has 0 saturated carbocycles. The molecule has 1 aliphatic rings. The summed E-state index contributed by atoms with van der Waals surface area (Å²) in [7, 11) is 0. The van der Waals surface area contributed by atoms with Gasteiger partial charge in [-0.25, -0.2) is 0 Å². The van der Waals surface area contributed by atoms with Crippen LogP contribution in [-0.4, -0.2) is 64.9 Å². The van der Waals surface area contributed by atoms with Crippen molar-refractivity contribution in [1.82, 2.24) is 16.0 Å². The third-order valence-corrected chi connectivity index (χ3v) is 4.91. The minimum atomic E-state index is -1.19. The fraction of sp³-hybridized carbons (Fsp3) is 0.700. The van der Waals surface area contributed by atoms with Crippen LogP contribution in [-0.2, 0) is 23.9 Å². The Morgan fingerprint density at radius 3 is 2.37 bits per heavy atom. The average Bonchev–Trinajstić information content (AvgIpc) is 2.64. The molecule has 4 N–H and O–H groups in total. The number of hydrogen-bond acceptors (Lipinski definition) is 7. The lowest BCUT2D eigenvalue weighted by Gasteiger charge is -2.25. The van der Waals surface area contributed by atoms with Crippen molar-refractivity contribution in [2.24, 2.45) is 5.92 Å². The Morgan fingerprint density at radius 2 is 1.77 bits per heavy atom. The Hall–Kier alpha value is -2.07. The molecule has 1 saturated heterocycles. The second-order valence-electron chi connectivity index (χ2n) is 7.76. The number of nitrogens with one attached hydrogen (secondary N) is 3. The van der Waals surface area contributed by atoms with Crippen molar-refractivity contribution in [2.75, 3.05) is 5.75 Å². The van der Waals surface area contributed by atoms with Gasteiger partial charge in [0.25, 0.3) is 0 Å². The first-order valence-electron chi connectivity index (χ1n) is 10.1. The summed E-state index contributed by atoms with van der Waals surface area (Å²) in [5.41, 5.74) is 0. The highest BCUT2D eigenvalue weighted by Gasteiger charge is 2.30.